The number of benzene rings is 3. The van der Waals surface area contributed by atoms with Crippen LogP contribution in [0.2, 0.25) is 0 Å². The minimum Gasteiger partial charge on any atom is -0.495 e. The molecule has 0 atom stereocenters. The van der Waals surface area contributed by atoms with Crippen LogP contribution < -0.4 is 9.64 Å². The van der Waals surface area contributed by atoms with Crippen LogP contribution >= 0.6 is 0 Å². The molecule has 1 fully saturated rings. The van der Waals surface area contributed by atoms with Gasteiger partial charge in [-0.1, -0.05) is 48.0 Å². The second-order valence-electron chi connectivity index (χ2n) is 8.89. The Morgan fingerprint density at radius 1 is 0.914 bits per heavy atom. The molecule has 0 spiro atoms. The molecule has 1 heterocycles. The van der Waals surface area contributed by atoms with Crippen molar-refractivity contribution in [3.05, 3.63) is 89.5 Å². The maximum atomic E-state index is 13.3. The summed E-state index contributed by atoms with van der Waals surface area (Å²) in [5.41, 5.74) is 3.55. The van der Waals surface area contributed by atoms with Crippen molar-refractivity contribution in [3.63, 3.8) is 0 Å². The molecule has 3 aromatic rings. The normalized spacial score (nSPS) is 14.5. The Bertz CT molecular complexity index is 1270. The molecule has 1 saturated heterocycles. The lowest BCUT2D eigenvalue weighted by Crippen LogP contribution is -2.35. The first-order valence-electron chi connectivity index (χ1n) is 11.9. The predicted molar refractivity (Wildman–Crippen MR) is 139 cm³/mol. The zero-order chi connectivity index (χ0) is 24.8. The van der Waals surface area contributed by atoms with Crippen molar-refractivity contribution >= 4 is 21.4 Å². The number of carbonyl (C=O) groups is 1. The SMILES string of the molecule is COc1ccccc1N1CCCN(C(=O)c2cccc(S(=O)(=O)CCc3ccc(C)cc3)c2)CC1. The molecule has 1 amide bonds. The summed E-state index contributed by atoms with van der Waals surface area (Å²) >= 11 is 0. The van der Waals surface area contributed by atoms with Gasteiger partial charge >= 0.3 is 0 Å². The Labute approximate surface area is 208 Å². The fourth-order valence-corrected chi connectivity index (χ4v) is 5.72. The van der Waals surface area contributed by atoms with E-state index < -0.39 is 9.84 Å². The third kappa shape index (κ3) is 6.03. The van der Waals surface area contributed by atoms with E-state index in [0.29, 0.717) is 31.6 Å². The zero-order valence-corrected chi connectivity index (χ0v) is 21.1. The van der Waals surface area contributed by atoms with Crippen molar-refractivity contribution in [1.82, 2.24) is 4.90 Å². The van der Waals surface area contributed by atoms with Crippen LogP contribution in [0.5, 0.6) is 5.75 Å². The van der Waals surface area contributed by atoms with Crippen LogP contribution in [0.15, 0.2) is 77.7 Å². The summed E-state index contributed by atoms with van der Waals surface area (Å²) in [6.45, 7) is 4.68. The monoisotopic (exact) mass is 492 g/mol. The summed E-state index contributed by atoms with van der Waals surface area (Å²) < 4.78 is 31.5. The summed E-state index contributed by atoms with van der Waals surface area (Å²) in [5, 5.41) is 0. The number of carbonyl (C=O) groups excluding carboxylic acids is 1. The van der Waals surface area contributed by atoms with E-state index in [9.17, 15) is 13.2 Å². The highest BCUT2D eigenvalue weighted by Gasteiger charge is 2.23. The molecular formula is C28H32N2O4S. The zero-order valence-electron chi connectivity index (χ0n) is 20.3. The Kier molecular flexibility index (Phi) is 7.76. The fraction of sp³-hybridized carbons (Fsp3) is 0.321. The van der Waals surface area contributed by atoms with Gasteiger partial charge in [0.15, 0.2) is 9.84 Å². The van der Waals surface area contributed by atoms with Gasteiger partial charge in [0.05, 0.1) is 23.4 Å². The number of methoxy groups -OCH3 is 1. The highest BCUT2D eigenvalue weighted by molar-refractivity contribution is 7.91. The smallest absolute Gasteiger partial charge is 0.253 e. The molecule has 0 aromatic heterocycles. The van der Waals surface area contributed by atoms with Crippen molar-refractivity contribution in [2.45, 2.75) is 24.7 Å². The largest absolute Gasteiger partial charge is 0.495 e. The number of rotatable bonds is 7. The fourth-order valence-electron chi connectivity index (χ4n) is 4.38. The van der Waals surface area contributed by atoms with Gasteiger partial charge in [-0.15, -0.1) is 0 Å². The summed E-state index contributed by atoms with van der Waals surface area (Å²) in [4.78, 5) is 17.5. The Hall–Kier alpha value is -3.32. The van der Waals surface area contributed by atoms with Crippen molar-refractivity contribution < 1.29 is 17.9 Å². The van der Waals surface area contributed by atoms with E-state index in [4.69, 9.17) is 4.74 Å². The van der Waals surface area contributed by atoms with Crippen LogP contribution in [-0.4, -0.2) is 58.3 Å². The molecule has 0 N–H and O–H groups in total. The standard InChI is InChI=1S/C28H32N2O4S/c1-22-11-13-23(14-12-22)15-20-35(32,33)25-8-5-7-24(21-25)28(31)30-17-6-16-29(18-19-30)26-9-3-4-10-27(26)34-2/h3-5,7-14,21H,6,15-20H2,1-2H3. The maximum Gasteiger partial charge on any atom is 0.253 e. The number of ether oxygens (including phenoxy) is 1. The Morgan fingerprint density at radius 3 is 2.46 bits per heavy atom. The second kappa shape index (κ2) is 11.0. The third-order valence-electron chi connectivity index (χ3n) is 6.43. The van der Waals surface area contributed by atoms with E-state index in [0.717, 1.165) is 35.5 Å². The summed E-state index contributed by atoms with van der Waals surface area (Å²) in [6.07, 6.45) is 1.25. The molecule has 0 radical (unpaired) electrons. The molecule has 184 valence electrons. The first-order chi connectivity index (χ1) is 16.9. The summed E-state index contributed by atoms with van der Waals surface area (Å²) in [5.74, 6) is 0.684. The van der Waals surface area contributed by atoms with Gasteiger partial charge in [0.25, 0.3) is 5.91 Å². The topological polar surface area (TPSA) is 66.9 Å². The number of amides is 1. The molecule has 3 aromatic carbocycles. The van der Waals surface area contributed by atoms with Crippen LogP contribution in [0.3, 0.4) is 0 Å². The van der Waals surface area contributed by atoms with Crippen molar-refractivity contribution in [2.24, 2.45) is 0 Å². The third-order valence-corrected chi connectivity index (χ3v) is 8.14. The van der Waals surface area contributed by atoms with E-state index in [2.05, 4.69) is 4.90 Å². The molecule has 1 aliphatic heterocycles. The van der Waals surface area contributed by atoms with Gasteiger partial charge in [-0.05, 0) is 55.7 Å². The van der Waals surface area contributed by atoms with Crippen LogP contribution in [0.1, 0.15) is 27.9 Å². The molecule has 0 unspecified atom stereocenters. The van der Waals surface area contributed by atoms with Gasteiger partial charge in [0.2, 0.25) is 0 Å². The van der Waals surface area contributed by atoms with Crippen LogP contribution in [0.25, 0.3) is 0 Å². The van der Waals surface area contributed by atoms with E-state index in [1.807, 2.05) is 60.4 Å². The van der Waals surface area contributed by atoms with E-state index in [-0.39, 0.29) is 16.6 Å². The van der Waals surface area contributed by atoms with Gasteiger partial charge in [-0.2, -0.15) is 0 Å². The minimum absolute atomic E-state index is 0.00525. The molecule has 1 aliphatic rings. The quantitative estimate of drug-likeness (QED) is 0.490. The average molecular weight is 493 g/mol. The molecule has 0 aliphatic carbocycles. The van der Waals surface area contributed by atoms with Gasteiger partial charge in [0, 0.05) is 31.7 Å². The highest BCUT2D eigenvalue weighted by Crippen LogP contribution is 2.28. The molecular weight excluding hydrogens is 460 g/mol. The summed E-state index contributed by atoms with van der Waals surface area (Å²) in [7, 11) is -1.85. The lowest BCUT2D eigenvalue weighted by atomic mass is 10.1. The molecule has 4 rings (SSSR count). The van der Waals surface area contributed by atoms with E-state index in [1.54, 1.807) is 25.3 Å². The number of aryl methyl sites for hydroxylation is 2. The van der Waals surface area contributed by atoms with Crippen LogP contribution in [-0.2, 0) is 16.3 Å². The Morgan fingerprint density at radius 2 is 1.69 bits per heavy atom. The number of anilines is 1. The lowest BCUT2D eigenvalue weighted by Gasteiger charge is -2.25. The molecule has 7 heteroatoms. The number of hydrogen-bond donors (Lipinski definition) is 0. The second-order valence-corrected chi connectivity index (χ2v) is 11.0. The number of para-hydroxylation sites is 2. The maximum absolute atomic E-state index is 13.3. The Balaban J connectivity index is 1.44. The highest BCUT2D eigenvalue weighted by atomic mass is 32.2. The van der Waals surface area contributed by atoms with Crippen molar-refractivity contribution in [1.29, 1.82) is 0 Å². The van der Waals surface area contributed by atoms with Crippen LogP contribution in [0, 0.1) is 6.92 Å². The van der Waals surface area contributed by atoms with Crippen molar-refractivity contribution in [2.75, 3.05) is 43.9 Å². The van der Waals surface area contributed by atoms with E-state index >= 15 is 0 Å². The number of sulfone groups is 1. The van der Waals surface area contributed by atoms with Crippen molar-refractivity contribution in [3.8, 4) is 5.75 Å². The van der Waals surface area contributed by atoms with Gasteiger partial charge in [-0.3, -0.25) is 4.79 Å². The minimum atomic E-state index is -3.51. The molecule has 6 nitrogen and oxygen atoms in total. The number of hydrogen-bond acceptors (Lipinski definition) is 5. The first kappa shape index (κ1) is 24.8. The van der Waals surface area contributed by atoms with Gasteiger partial charge in [-0.25, -0.2) is 8.42 Å². The molecule has 0 saturated carbocycles. The van der Waals surface area contributed by atoms with E-state index in [1.165, 1.54) is 6.07 Å². The summed E-state index contributed by atoms with van der Waals surface area (Å²) in [6, 6.07) is 22.2. The molecule has 0 bridgehead atoms. The molecule has 35 heavy (non-hydrogen) atoms. The van der Waals surface area contributed by atoms with Gasteiger partial charge in [0.1, 0.15) is 5.75 Å². The van der Waals surface area contributed by atoms with Crippen LogP contribution in [0.4, 0.5) is 5.69 Å². The average Bonchev–Trinajstić information content (AvgIpc) is 3.14. The lowest BCUT2D eigenvalue weighted by molar-refractivity contribution is 0.0767. The first-order valence-corrected chi connectivity index (χ1v) is 13.6. The number of nitrogens with zero attached hydrogens (tertiary/aromatic N) is 2. The van der Waals surface area contributed by atoms with Gasteiger partial charge < -0.3 is 14.5 Å². The predicted octanol–water partition coefficient (Wildman–Crippen LogP) is 4.37.